The summed E-state index contributed by atoms with van der Waals surface area (Å²) in [6, 6.07) is 3.90. The molecule has 0 spiro atoms. The van der Waals surface area contributed by atoms with Crippen molar-refractivity contribution >= 4 is 27.5 Å². The van der Waals surface area contributed by atoms with Crippen LogP contribution >= 0.6 is 27.5 Å². The fourth-order valence-corrected chi connectivity index (χ4v) is 3.79. The third-order valence-electron chi connectivity index (χ3n) is 3.76. The van der Waals surface area contributed by atoms with Gasteiger partial charge in [-0.25, -0.2) is 0 Å². The zero-order chi connectivity index (χ0) is 12.5. The molecule has 1 aromatic rings. The van der Waals surface area contributed by atoms with Crippen LogP contribution in [0.15, 0.2) is 12.1 Å². The Morgan fingerprint density at radius 3 is 2.50 bits per heavy atom. The maximum absolute atomic E-state index is 6.34. The van der Waals surface area contributed by atoms with E-state index in [-0.39, 0.29) is 0 Å². The Hall–Kier alpha value is -0.410. The maximum atomic E-state index is 6.34. The Bertz CT molecular complexity index is 446. The van der Waals surface area contributed by atoms with E-state index in [1.165, 1.54) is 19.3 Å². The lowest BCUT2D eigenvalue weighted by molar-refractivity contribution is 0.171. The van der Waals surface area contributed by atoms with Gasteiger partial charge in [-0.3, -0.25) is 0 Å². The molecule has 0 amide bonds. The molecule has 3 rings (SSSR count). The number of alkyl halides is 1. The summed E-state index contributed by atoms with van der Waals surface area (Å²) in [5.74, 6) is 2.43. The summed E-state index contributed by atoms with van der Waals surface area (Å²) in [5, 5.41) is 0.764. The molecule has 1 atom stereocenters. The predicted octanol–water partition coefficient (Wildman–Crippen LogP) is 4.74. The first-order valence-electron chi connectivity index (χ1n) is 6.47. The van der Waals surface area contributed by atoms with E-state index in [9.17, 15) is 0 Å². The van der Waals surface area contributed by atoms with Crippen molar-refractivity contribution < 1.29 is 9.47 Å². The van der Waals surface area contributed by atoms with Crippen LogP contribution in [0.2, 0.25) is 5.02 Å². The Kier molecular flexibility index (Phi) is 3.71. The zero-order valence-corrected chi connectivity index (χ0v) is 12.5. The number of ether oxygens (including phenoxy) is 2. The summed E-state index contributed by atoms with van der Waals surface area (Å²) in [6.07, 6.45) is 5.23. The topological polar surface area (TPSA) is 18.5 Å². The molecule has 0 bridgehead atoms. The minimum absolute atomic E-state index is 0.311. The second-order valence-electron chi connectivity index (χ2n) is 5.02. The lowest BCUT2D eigenvalue weighted by Gasteiger charge is -2.28. The van der Waals surface area contributed by atoms with Crippen LogP contribution in [-0.4, -0.2) is 13.2 Å². The van der Waals surface area contributed by atoms with Crippen LogP contribution in [-0.2, 0) is 0 Å². The van der Waals surface area contributed by atoms with Gasteiger partial charge >= 0.3 is 0 Å². The third-order valence-corrected chi connectivity index (χ3v) is 4.96. The molecule has 1 unspecified atom stereocenters. The van der Waals surface area contributed by atoms with Gasteiger partial charge in [0.2, 0.25) is 0 Å². The van der Waals surface area contributed by atoms with Crippen LogP contribution in [0.1, 0.15) is 36.1 Å². The van der Waals surface area contributed by atoms with Gasteiger partial charge in [0.15, 0.2) is 11.5 Å². The molecule has 1 heterocycles. The monoisotopic (exact) mass is 330 g/mol. The van der Waals surface area contributed by atoms with Gasteiger partial charge < -0.3 is 9.47 Å². The second kappa shape index (κ2) is 5.30. The van der Waals surface area contributed by atoms with E-state index in [4.69, 9.17) is 21.1 Å². The summed E-state index contributed by atoms with van der Waals surface area (Å²) < 4.78 is 11.1. The first-order chi connectivity index (χ1) is 8.74. The normalized spacial score (nSPS) is 20.3. The molecule has 98 valence electrons. The first-order valence-corrected chi connectivity index (χ1v) is 7.76. The first kappa shape index (κ1) is 12.6. The molecule has 1 aliphatic carbocycles. The van der Waals surface area contributed by atoms with Crippen molar-refractivity contribution in [1.29, 1.82) is 0 Å². The van der Waals surface area contributed by atoms with Crippen LogP contribution in [0.4, 0.5) is 0 Å². The minimum Gasteiger partial charge on any atom is -0.486 e. The molecule has 1 aromatic carbocycles. The van der Waals surface area contributed by atoms with Crippen molar-refractivity contribution in [2.24, 2.45) is 5.92 Å². The number of benzene rings is 1. The van der Waals surface area contributed by atoms with Crippen molar-refractivity contribution in [2.75, 3.05) is 13.2 Å². The molecular weight excluding hydrogens is 316 g/mol. The van der Waals surface area contributed by atoms with E-state index in [0.29, 0.717) is 18.0 Å². The quantitative estimate of drug-likeness (QED) is 0.745. The average molecular weight is 332 g/mol. The lowest BCUT2D eigenvalue weighted by atomic mass is 9.81. The van der Waals surface area contributed by atoms with E-state index >= 15 is 0 Å². The highest BCUT2D eigenvalue weighted by molar-refractivity contribution is 9.09. The smallest absolute Gasteiger partial charge is 0.162 e. The third kappa shape index (κ3) is 2.48. The van der Waals surface area contributed by atoms with Crippen molar-refractivity contribution in [3.8, 4) is 11.5 Å². The summed E-state index contributed by atoms with van der Waals surface area (Å²) >= 11 is 10.1. The molecule has 2 aliphatic rings. The largest absolute Gasteiger partial charge is 0.486 e. The van der Waals surface area contributed by atoms with Crippen molar-refractivity contribution in [3.63, 3.8) is 0 Å². The van der Waals surface area contributed by atoms with Crippen molar-refractivity contribution in [1.82, 2.24) is 0 Å². The summed E-state index contributed by atoms with van der Waals surface area (Å²) in [4.78, 5) is 0.311. The number of rotatable bonds is 3. The van der Waals surface area contributed by atoms with Gasteiger partial charge in [-0.15, -0.1) is 0 Å². The Morgan fingerprint density at radius 2 is 1.89 bits per heavy atom. The van der Waals surface area contributed by atoms with Gasteiger partial charge in [0.1, 0.15) is 13.2 Å². The van der Waals surface area contributed by atoms with Gasteiger partial charge in [0.25, 0.3) is 0 Å². The number of hydrogen-bond donors (Lipinski definition) is 0. The highest BCUT2D eigenvalue weighted by Crippen LogP contribution is 2.44. The number of fused-ring (bicyclic) bond motifs is 1. The average Bonchev–Trinajstić information content (AvgIpc) is 2.32. The van der Waals surface area contributed by atoms with Gasteiger partial charge in [0, 0.05) is 15.9 Å². The van der Waals surface area contributed by atoms with Crippen molar-refractivity contribution in [2.45, 2.75) is 30.5 Å². The van der Waals surface area contributed by atoms with Gasteiger partial charge in [0.05, 0.1) is 0 Å². The highest BCUT2D eigenvalue weighted by Gasteiger charge is 2.24. The van der Waals surface area contributed by atoms with E-state index in [1.54, 1.807) is 0 Å². The van der Waals surface area contributed by atoms with Crippen LogP contribution in [0, 0.1) is 5.92 Å². The van der Waals surface area contributed by atoms with E-state index in [2.05, 4.69) is 15.9 Å². The number of halogens is 2. The van der Waals surface area contributed by atoms with Crippen LogP contribution in [0.3, 0.4) is 0 Å². The molecule has 0 saturated heterocycles. The molecule has 1 saturated carbocycles. The van der Waals surface area contributed by atoms with E-state index < -0.39 is 0 Å². The van der Waals surface area contributed by atoms with Crippen molar-refractivity contribution in [3.05, 3.63) is 22.7 Å². The molecule has 2 nitrogen and oxygen atoms in total. The molecule has 1 fully saturated rings. The van der Waals surface area contributed by atoms with E-state index in [1.807, 2.05) is 12.1 Å². The summed E-state index contributed by atoms with van der Waals surface area (Å²) in [7, 11) is 0. The minimum atomic E-state index is 0.311. The highest BCUT2D eigenvalue weighted by atomic mass is 79.9. The molecule has 4 heteroatoms. The second-order valence-corrected chi connectivity index (χ2v) is 6.53. The van der Waals surface area contributed by atoms with Gasteiger partial charge in [-0.2, -0.15) is 0 Å². The Morgan fingerprint density at radius 1 is 1.22 bits per heavy atom. The fraction of sp³-hybridized carbons (Fsp3) is 0.571. The van der Waals surface area contributed by atoms with E-state index in [0.717, 1.165) is 34.4 Å². The zero-order valence-electron chi connectivity index (χ0n) is 10.1. The molecular formula is C14H16BrClO2. The summed E-state index contributed by atoms with van der Waals surface area (Å²) in [5.41, 5.74) is 1.12. The summed E-state index contributed by atoms with van der Waals surface area (Å²) in [6.45, 7) is 1.21. The standard InChI is InChI=1S/C14H16BrClO2/c15-11(6-9-2-1-3-9)10-7-13-14(8-12(10)16)18-5-4-17-13/h7-9,11H,1-6H2. The Labute approximate surface area is 121 Å². The van der Waals surface area contributed by atoms with Crippen LogP contribution in [0.25, 0.3) is 0 Å². The lowest BCUT2D eigenvalue weighted by Crippen LogP contribution is -2.16. The van der Waals surface area contributed by atoms with Gasteiger partial charge in [-0.05, 0) is 24.0 Å². The maximum Gasteiger partial charge on any atom is 0.162 e. The SMILES string of the molecule is Clc1cc2c(cc1C(Br)CC1CCC1)OCCO2. The van der Waals surface area contributed by atoms with Crippen LogP contribution in [0.5, 0.6) is 11.5 Å². The predicted molar refractivity (Wildman–Crippen MR) is 76.1 cm³/mol. The molecule has 0 radical (unpaired) electrons. The molecule has 18 heavy (non-hydrogen) atoms. The molecule has 1 aliphatic heterocycles. The molecule has 0 N–H and O–H groups in total. The molecule has 0 aromatic heterocycles. The number of hydrogen-bond acceptors (Lipinski definition) is 2. The Balaban J connectivity index is 1.81. The fourth-order valence-electron chi connectivity index (χ4n) is 2.47. The van der Waals surface area contributed by atoms with Crippen LogP contribution < -0.4 is 9.47 Å². The van der Waals surface area contributed by atoms with Gasteiger partial charge in [-0.1, -0.05) is 46.8 Å².